The fraction of sp³-hybridized carbons (Fsp3) is 0.226. The van der Waals surface area contributed by atoms with Gasteiger partial charge in [0.2, 0.25) is 0 Å². The first-order valence-corrected chi connectivity index (χ1v) is 13.4. The molecule has 1 atom stereocenters. The Kier molecular flexibility index (Phi) is 7.79. The van der Waals surface area contributed by atoms with Gasteiger partial charge in [-0.2, -0.15) is 0 Å². The first-order valence-electron chi connectivity index (χ1n) is 12.7. The number of carbonyl (C=O) groups is 1. The van der Waals surface area contributed by atoms with E-state index in [1.807, 2.05) is 0 Å². The average molecular weight is 579 g/mol. The first kappa shape index (κ1) is 27.6. The Hall–Kier alpha value is -3.94. The van der Waals surface area contributed by atoms with Gasteiger partial charge in [-0.05, 0) is 66.9 Å². The van der Waals surface area contributed by atoms with Gasteiger partial charge in [0.15, 0.2) is 5.78 Å². The van der Waals surface area contributed by atoms with Gasteiger partial charge < -0.3 is 19.3 Å². The predicted molar refractivity (Wildman–Crippen MR) is 157 cm³/mol. The van der Waals surface area contributed by atoms with Crippen LogP contribution in [-0.4, -0.2) is 38.1 Å². The Labute approximate surface area is 242 Å². The molecule has 0 saturated heterocycles. The summed E-state index contributed by atoms with van der Waals surface area (Å²) in [5, 5.41) is 22.2. The van der Waals surface area contributed by atoms with E-state index in [2.05, 4.69) is 0 Å². The molecule has 3 aromatic carbocycles. The van der Waals surface area contributed by atoms with Crippen LogP contribution < -0.4 is 19.1 Å². The lowest BCUT2D eigenvalue weighted by molar-refractivity contribution is -0.116. The normalized spacial score (nSPS) is 18.4. The van der Waals surface area contributed by atoms with Gasteiger partial charge in [0.05, 0.1) is 27.0 Å². The topological polar surface area (TPSA) is 92.1 Å². The largest absolute Gasteiger partial charge is 0.507 e. The van der Waals surface area contributed by atoms with Crippen molar-refractivity contribution >= 4 is 46.3 Å². The van der Waals surface area contributed by atoms with Crippen LogP contribution in [0.15, 0.2) is 77.5 Å². The zero-order valence-corrected chi connectivity index (χ0v) is 23.8. The van der Waals surface area contributed by atoms with Crippen molar-refractivity contribution < 1.29 is 24.1 Å². The Bertz CT molecular complexity index is 1560. The third-order valence-corrected chi connectivity index (χ3v) is 7.84. The number of aliphatic hydroxyl groups excluding tert-OH is 1. The lowest BCUT2D eigenvalue weighted by atomic mass is 9.73. The second-order valence-electron chi connectivity index (χ2n) is 9.45. The summed E-state index contributed by atoms with van der Waals surface area (Å²) in [5.74, 6) is 0.631. The van der Waals surface area contributed by atoms with E-state index in [9.17, 15) is 15.3 Å². The standard InChI is InChI=1S/C31H28Cl2N2O5/c1-38-19-10-7-17(8-11-19)30(37)29-27(21-13-9-18(32)15-22(21)33)28-23(5-4-6-25(28)36)35(31(29)34)24-16-20(39-2)12-14-26(24)40-3/h7-16,27,34,37H,4-6H2,1-3H3/b30-29+,34-31?. The maximum absolute atomic E-state index is 13.7. The molecule has 0 saturated carbocycles. The predicted octanol–water partition coefficient (Wildman–Crippen LogP) is 7.58. The van der Waals surface area contributed by atoms with Gasteiger partial charge in [0.25, 0.3) is 0 Å². The minimum Gasteiger partial charge on any atom is -0.507 e. The zero-order valence-electron chi connectivity index (χ0n) is 22.3. The van der Waals surface area contributed by atoms with Crippen LogP contribution in [0.2, 0.25) is 10.0 Å². The van der Waals surface area contributed by atoms with Crippen LogP contribution in [0.1, 0.15) is 36.3 Å². The molecule has 2 aliphatic rings. The summed E-state index contributed by atoms with van der Waals surface area (Å²) in [7, 11) is 4.66. The van der Waals surface area contributed by atoms with Crippen molar-refractivity contribution in [3.05, 3.63) is 98.7 Å². The molecule has 9 heteroatoms. The number of allylic oxidation sites excluding steroid dienone is 2. The van der Waals surface area contributed by atoms with Crippen LogP contribution in [0, 0.1) is 5.41 Å². The second-order valence-corrected chi connectivity index (χ2v) is 10.3. The number of benzene rings is 3. The molecule has 2 N–H and O–H groups in total. The summed E-state index contributed by atoms with van der Waals surface area (Å²) < 4.78 is 16.4. The summed E-state index contributed by atoms with van der Waals surface area (Å²) in [6.07, 6.45) is 1.51. The monoisotopic (exact) mass is 578 g/mol. The molecule has 206 valence electrons. The first-order chi connectivity index (χ1) is 19.3. The quantitative estimate of drug-likeness (QED) is 0.293. The minimum atomic E-state index is -0.796. The maximum atomic E-state index is 13.7. The lowest BCUT2D eigenvalue weighted by Gasteiger charge is -2.42. The van der Waals surface area contributed by atoms with Crippen molar-refractivity contribution in [3.8, 4) is 17.2 Å². The van der Waals surface area contributed by atoms with Gasteiger partial charge in [-0.25, -0.2) is 0 Å². The van der Waals surface area contributed by atoms with E-state index in [0.29, 0.717) is 74.6 Å². The third kappa shape index (κ3) is 4.80. The smallest absolute Gasteiger partial charge is 0.161 e. The molecular weight excluding hydrogens is 551 g/mol. The van der Waals surface area contributed by atoms with E-state index in [-0.39, 0.29) is 23.0 Å². The Balaban J connectivity index is 1.86. The van der Waals surface area contributed by atoms with Crippen LogP contribution in [0.4, 0.5) is 5.69 Å². The third-order valence-electron chi connectivity index (χ3n) is 7.27. The van der Waals surface area contributed by atoms with E-state index >= 15 is 0 Å². The minimum absolute atomic E-state index is 0.00987. The molecule has 0 radical (unpaired) electrons. The molecule has 7 nitrogen and oxygen atoms in total. The van der Waals surface area contributed by atoms with Crippen LogP contribution in [0.3, 0.4) is 0 Å². The molecule has 1 aliphatic carbocycles. The number of nitrogens with zero attached hydrogens (tertiary/aromatic N) is 1. The van der Waals surface area contributed by atoms with Crippen molar-refractivity contribution in [2.24, 2.45) is 0 Å². The van der Waals surface area contributed by atoms with Crippen LogP contribution >= 0.6 is 23.2 Å². The number of ketones is 1. The average Bonchev–Trinajstić information content (AvgIpc) is 2.96. The Morgan fingerprint density at radius 1 is 0.925 bits per heavy atom. The number of methoxy groups -OCH3 is 3. The van der Waals surface area contributed by atoms with E-state index < -0.39 is 5.92 Å². The van der Waals surface area contributed by atoms with Crippen LogP contribution in [0.25, 0.3) is 5.76 Å². The number of hydrogen-bond acceptors (Lipinski definition) is 6. The molecule has 1 aliphatic heterocycles. The summed E-state index contributed by atoms with van der Waals surface area (Å²) in [5.41, 5.74) is 2.93. The number of carbonyl (C=O) groups excluding carboxylic acids is 1. The van der Waals surface area contributed by atoms with Crippen molar-refractivity contribution in [1.82, 2.24) is 0 Å². The van der Waals surface area contributed by atoms with E-state index in [1.54, 1.807) is 86.9 Å². The summed E-state index contributed by atoms with van der Waals surface area (Å²) >= 11 is 13.0. The number of Topliss-reactive ketones (excluding diaryl/α,β-unsaturated/α-hetero) is 1. The highest BCUT2D eigenvalue weighted by molar-refractivity contribution is 6.35. The SMILES string of the molecule is COc1ccc(/C(O)=C2\C(=N)N(c3cc(OC)ccc3OC)C3=C(C(=O)CCC3)C2c2ccc(Cl)cc2Cl)cc1. The number of rotatable bonds is 6. The highest BCUT2D eigenvalue weighted by atomic mass is 35.5. The summed E-state index contributed by atoms with van der Waals surface area (Å²) in [6.45, 7) is 0. The molecule has 1 unspecified atom stereocenters. The molecule has 40 heavy (non-hydrogen) atoms. The Morgan fingerprint density at radius 3 is 2.27 bits per heavy atom. The van der Waals surface area contributed by atoms with Gasteiger partial charge in [-0.15, -0.1) is 0 Å². The van der Waals surface area contributed by atoms with E-state index in [4.69, 9.17) is 37.4 Å². The number of hydrogen-bond donors (Lipinski definition) is 2. The maximum Gasteiger partial charge on any atom is 0.161 e. The van der Waals surface area contributed by atoms with Crippen molar-refractivity contribution in [2.45, 2.75) is 25.2 Å². The molecular formula is C31H28Cl2N2O5. The number of nitrogens with one attached hydrogen (secondary N) is 1. The van der Waals surface area contributed by atoms with Crippen molar-refractivity contribution in [1.29, 1.82) is 5.41 Å². The highest BCUT2D eigenvalue weighted by Gasteiger charge is 2.44. The van der Waals surface area contributed by atoms with Gasteiger partial charge in [0, 0.05) is 50.9 Å². The molecule has 3 aromatic rings. The molecule has 0 aromatic heterocycles. The number of ether oxygens (including phenoxy) is 3. The van der Waals surface area contributed by atoms with Crippen molar-refractivity contribution in [2.75, 3.05) is 26.2 Å². The lowest BCUT2D eigenvalue weighted by Crippen LogP contribution is -2.42. The number of anilines is 1. The molecule has 0 amide bonds. The summed E-state index contributed by atoms with van der Waals surface area (Å²) in [4.78, 5) is 15.4. The second kappa shape index (κ2) is 11.3. The fourth-order valence-electron chi connectivity index (χ4n) is 5.38. The van der Waals surface area contributed by atoms with E-state index in [0.717, 1.165) is 0 Å². The van der Waals surface area contributed by atoms with E-state index in [1.165, 1.54) is 0 Å². The van der Waals surface area contributed by atoms with Gasteiger partial charge >= 0.3 is 0 Å². The number of amidine groups is 1. The van der Waals surface area contributed by atoms with Gasteiger partial charge in [-0.3, -0.25) is 15.1 Å². The zero-order chi connectivity index (χ0) is 28.6. The number of halogens is 2. The number of aliphatic hydroxyl groups is 1. The van der Waals surface area contributed by atoms with Gasteiger partial charge in [0.1, 0.15) is 28.8 Å². The summed E-state index contributed by atoms with van der Waals surface area (Å²) in [6, 6.07) is 17.2. The van der Waals surface area contributed by atoms with Crippen molar-refractivity contribution in [3.63, 3.8) is 0 Å². The molecule has 0 spiro atoms. The fourth-order valence-corrected chi connectivity index (χ4v) is 5.90. The van der Waals surface area contributed by atoms with Gasteiger partial charge in [-0.1, -0.05) is 29.3 Å². The van der Waals surface area contributed by atoms with Crippen LogP contribution in [-0.2, 0) is 4.79 Å². The molecule has 0 bridgehead atoms. The molecule has 1 heterocycles. The molecule has 0 fully saturated rings. The molecule has 5 rings (SSSR count). The Morgan fingerprint density at radius 2 is 1.62 bits per heavy atom. The highest BCUT2D eigenvalue weighted by Crippen LogP contribution is 2.51. The van der Waals surface area contributed by atoms with Crippen LogP contribution in [0.5, 0.6) is 17.2 Å².